The summed E-state index contributed by atoms with van der Waals surface area (Å²) in [5.74, 6) is 0.0576. The van der Waals surface area contributed by atoms with Gasteiger partial charge in [-0.2, -0.15) is 0 Å². The van der Waals surface area contributed by atoms with E-state index in [4.69, 9.17) is 0 Å². The molecule has 2 aromatic heterocycles. The summed E-state index contributed by atoms with van der Waals surface area (Å²) in [6.07, 6.45) is 2.55. The number of H-pyrrole nitrogens is 1. The first-order chi connectivity index (χ1) is 14.1. The van der Waals surface area contributed by atoms with Crippen molar-refractivity contribution >= 4 is 34.0 Å². The predicted octanol–water partition coefficient (Wildman–Crippen LogP) is 4.48. The number of rotatable bonds is 3. The third kappa shape index (κ3) is 3.09. The minimum Gasteiger partial charge on any atom is -0.378 e. The van der Waals surface area contributed by atoms with Gasteiger partial charge in [-0.1, -0.05) is 12.1 Å². The number of nitrogens with zero attached hydrogens (tertiary/aromatic N) is 3. The molecule has 5 nitrogen and oxygen atoms in total. The molecule has 0 fully saturated rings. The molecule has 1 aliphatic heterocycles. The van der Waals surface area contributed by atoms with E-state index in [-0.39, 0.29) is 11.9 Å². The molecule has 6 heteroatoms. The number of benzene rings is 2. The Balaban J connectivity index is 1.56. The molecule has 0 saturated carbocycles. The second-order valence-electron chi connectivity index (χ2n) is 7.58. The molecule has 0 radical (unpaired) electrons. The summed E-state index contributed by atoms with van der Waals surface area (Å²) in [6, 6.07) is 16.4. The summed E-state index contributed by atoms with van der Waals surface area (Å²) in [6.45, 7) is 0.712. The molecule has 1 unspecified atom stereocenters. The molecule has 4 aromatic rings. The number of carbonyl (C=O) groups is 1. The highest BCUT2D eigenvalue weighted by molar-refractivity contribution is 7.10. The van der Waals surface area contributed by atoms with Crippen molar-refractivity contribution < 1.29 is 4.79 Å². The standard InChI is InChI=1S/C23H22N4OS/c1-26(2)18-6-3-15(4-7-18)21-22-16(10-12-29-22)9-11-27(21)23(28)17-5-8-19-20(13-17)25-14-24-19/h3-8,10,12-14,21H,9,11H2,1-2H3,(H,24,25). The summed E-state index contributed by atoms with van der Waals surface area (Å²) < 4.78 is 0. The molecule has 1 aliphatic rings. The lowest BCUT2D eigenvalue weighted by Gasteiger charge is -2.36. The van der Waals surface area contributed by atoms with Gasteiger partial charge in [-0.3, -0.25) is 4.79 Å². The maximum atomic E-state index is 13.5. The Morgan fingerprint density at radius 3 is 2.79 bits per heavy atom. The molecule has 3 heterocycles. The summed E-state index contributed by atoms with van der Waals surface area (Å²) >= 11 is 1.74. The van der Waals surface area contributed by atoms with E-state index < -0.39 is 0 Å². The van der Waals surface area contributed by atoms with Crippen LogP contribution < -0.4 is 4.90 Å². The van der Waals surface area contributed by atoms with Gasteiger partial charge >= 0.3 is 0 Å². The number of fused-ring (bicyclic) bond motifs is 2. The fourth-order valence-corrected chi connectivity index (χ4v) is 5.14. The van der Waals surface area contributed by atoms with E-state index >= 15 is 0 Å². The minimum absolute atomic E-state index is 0.0556. The van der Waals surface area contributed by atoms with E-state index in [0.29, 0.717) is 12.1 Å². The van der Waals surface area contributed by atoms with Crippen molar-refractivity contribution in [3.05, 3.63) is 81.8 Å². The molecule has 0 bridgehead atoms. The van der Waals surface area contributed by atoms with Gasteiger partial charge in [0.25, 0.3) is 5.91 Å². The van der Waals surface area contributed by atoms with Gasteiger partial charge in [-0.05, 0) is 59.3 Å². The van der Waals surface area contributed by atoms with Crippen molar-refractivity contribution in [3.8, 4) is 0 Å². The molecule has 1 N–H and O–H groups in total. The van der Waals surface area contributed by atoms with E-state index in [1.54, 1.807) is 17.7 Å². The maximum absolute atomic E-state index is 13.5. The molecule has 2 aromatic carbocycles. The smallest absolute Gasteiger partial charge is 0.254 e. The number of aromatic amines is 1. The number of hydrogen-bond donors (Lipinski definition) is 1. The van der Waals surface area contributed by atoms with Gasteiger partial charge in [-0.25, -0.2) is 4.98 Å². The van der Waals surface area contributed by atoms with Crippen LogP contribution >= 0.6 is 11.3 Å². The van der Waals surface area contributed by atoms with Crippen LogP contribution in [0.25, 0.3) is 11.0 Å². The molecule has 0 aliphatic carbocycles. The first kappa shape index (κ1) is 17.9. The summed E-state index contributed by atoms with van der Waals surface area (Å²) in [7, 11) is 4.07. The largest absolute Gasteiger partial charge is 0.378 e. The van der Waals surface area contributed by atoms with Gasteiger partial charge in [0, 0.05) is 36.8 Å². The topological polar surface area (TPSA) is 52.2 Å². The van der Waals surface area contributed by atoms with E-state index in [2.05, 4.69) is 50.6 Å². The van der Waals surface area contributed by atoms with Crippen molar-refractivity contribution in [2.75, 3.05) is 25.5 Å². The third-order valence-corrected chi connectivity index (χ3v) is 6.63. The van der Waals surface area contributed by atoms with Crippen molar-refractivity contribution in [1.82, 2.24) is 14.9 Å². The van der Waals surface area contributed by atoms with Crippen LogP contribution in [0.5, 0.6) is 0 Å². The van der Waals surface area contributed by atoms with E-state index in [1.807, 2.05) is 37.2 Å². The van der Waals surface area contributed by atoms with Crippen LogP contribution in [-0.2, 0) is 6.42 Å². The molecule has 5 rings (SSSR count). The normalized spacial score (nSPS) is 16.1. The Labute approximate surface area is 173 Å². The van der Waals surface area contributed by atoms with Crippen molar-refractivity contribution in [1.29, 1.82) is 0 Å². The van der Waals surface area contributed by atoms with Crippen LogP contribution in [0.3, 0.4) is 0 Å². The van der Waals surface area contributed by atoms with Crippen LogP contribution in [0.15, 0.2) is 60.2 Å². The zero-order valence-corrected chi connectivity index (χ0v) is 17.2. The minimum atomic E-state index is -0.0556. The lowest BCUT2D eigenvalue weighted by atomic mass is 9.94. The van der Waals surface area contributed by atoms with Crippen LogP contribution in [-0.4, -0.2) is 41.4 Å². The fraction of sp³-hybridized carbons (Fsp3) is 0.217. The predicted molar refractivity (Wildman–Crippen MR) is 118 cm³/mol. The highest BCUT2D eigenvalue weighted by Gasteiger charge is 2.33. The van der Waals surface area contributed by atoms with E-state index in [1.165, 1.54) is 10.4 Å². The summed E-state index contributed by atoms with van der Waals surface area (Å²) in [5.41, 5.74) is 6.10. The first-order valence-corrected chi connectivity index (χ1v) is 10.6. The van der Waals surface area contributed by atoms with Crippen molar-refractivity contribution in [2.24, 2.45) is 0 Å². The van der Waals surface area contributed by atoms with Crippen LogP contribution in [0.1, 0.15) is 32.4 Å². The SMILES string of the molecule is CN(C)c1ccc(C2c3sccc3CCN2C(=O)c2ccc3nc[nH]c3c2)cc1. The summed E-state index contributed by atoms with van der Waals surface area (Å²) in [5, 5.41) is 2.14. The quantitative estimate of drug-likeness (QED) is 0.550. The van der Waals surface area contributed by atoms with E-state index in [0.717, 1.165) is 28.7 Å². The Hall–Kier alpha value is -3.12. The first-order valence-electron chi connectivity index (χ1n) is 9.69. The second-order valence-corrected chi connectivity index (χ2v) is 8.53. The average Bonchev–Trinajstić information content (AvgIpc) is 3.41. The molecular formula is C23H22N4OS. The van der Waals surface area contributed by atoms with Crippen LogP contribution in [0.2, 0.25) is 0 Å². The average molecular weight is 403 g/mol. The van der Waals surface area contributed by atoms with Crippen molar-refractivity contribution in [3.63, 3.8) is 0 Å². The van der Waals surface area contributed by atoms with E-state index in [9.17, 15) is 4.79 Å². The lowest BCUT2D eigenvalue weighted by molar-refractivity contribution is 0.0698. The number of hydrogen-bond acceptors (Lipinski definition) is 4. The molecule has 0 spiro atoms. The van der Waals surface area contributed by atoms with Gasteiger partial charge < -0.3 is 14.8 Å². The highest BCUT2D eigenvalue weighted by atomic mass is 32.1. The van der Waals surface area contributed by atoms with Gasteiger partial charge in [-0.15, -0.1) is 11.3 Å². The Morgan fingerprint density at radius 2 is 2.00 bits per heavy atom. The monoisotopic (exact) mass is 402 g/mol. The molecule has 146 valence electrons. The van der Waals surface area contributed by atoms with Crippen LogP contribution in [0, 0.1) is 0 Å². The zero-order chi connectivity index (χ0) is 20.0. The molecular weight excluding hydrogens is 380 g/mol. The number of aromatic nitrogens is 2. The van der Waals surface area contributed by atoms with Gasteiger partial charge in [0.05, 0.1) is 23.4 Å². The van der Waals surface area contributed by atoms with Gasteiger partial charge in [0.15, 0.2) is 0 Å². The van der Waals surface area contributed by atoms with Gasteiger partial charge in [0.2, 0.25) is 0 Å². The lowest BCUT2D eigenvalue weighted by Crippen LogP contribution is -2.40. The van der Waals surface area contributed by atoms with Crippen molar-refractivity contribution in [2.45, 2.75) is 12.5 Å². The molecule has 1 atom stereocenters. The maximum Gasteiger partial charge on any atom is 0.254 e. The number of carbonyl (C=O) groups excluding carboxylic acids is 1. The number of anilines is 1. The van der Waals surface area contributed by atoms with Crippen LogP contribution in [0.4, 0.5) is 5.69 Å². The van der Waals surface area contributed by atoms with Gasteiger partial charge in [0.1, 0.15) is 0 Å². The number of imidazole rings is 1. The molecule has 29 heavy (non-hydrogen) atoms. The second kappa shape index (κ2) is 7.04. The molecule has 1 amide bonds. The molecule has 0 saturated heterocycles. The summed E-state index contributed by atoms with van der Waals surface area (Å²) in [4.78, 5) is 26.3. The number of nitrogens with one attached hydrogen (secondary N) is 1. The Kier molecular flexibility index (Phi) is 4.36. The highest BCUT2D eigenvalue weighted by Crippen LogP contribution is 2.39. The third-order valence-electron chi connectivity index (χ3n) is 5.62. The zero-order valence-electron chi connectivity index (χ0n) is 16.4. The Morgan fingerprint density at radius 1 is 1.17 bits per heavy atom. The number of amides is 1. The number of thiophene rings is 1. The Bertz CT molecular complexity index is 1180. The fourth-order valence-electron chi connectivity index (χ4n) is 4.04.